The van der Waals surface area contributed by atoms with Gasteiger partial charge in [-0.1, -0.05) is 5.16 Å². The SMILES string of the molecule is Nc1ccc2c(C(F)(F)F)noc2c1. The molecule has 74 valence electrons. The van der Waals surface area contributed by atoms with Crippen LogP contribution in [0.25, 0.3) is 11.0 Å². The maximum atomic E-state index is 12.3. The Morgan fingerprint density at radius 2 is 2.00 bits per heavy atom. The summed E-state index contributed by atoms with van der Waals surface area (Å²) >= 11 is 0. The second-order valence-electron chi connectivity index (χ2n) is 2.78. The Hall–Kier alpha value is -1.72. The van der Waals surface area contributed by atoms with Crippen LogP contribution in [0.4, 0.5) is 18.9 Å². The van der Waals surface area contributed by atoms with Crippen molar-refractivity contribution in [2.75, 3.05) is 5.73 Å². The van der Waals surface area contributed by atoms with Gasteiger partial charge in [0.1, 0.15) is 0 Å². The fourth-order valence-corrected chi connectivity index (χ4v) is 1.16. The van der Waals surface area contributed by atoms with Gasteiger partial charge in [0, 0.05) is 11.8 Å². The average molecular weight is 202 g/mol. The second kappa shape index (κ2) is 2.63. The molecule has 6 heteroatoms. The van der Waals surface area contributed by atoms with Crippen molar-refractivity contribution in [3.05, 3.63) is 23.9 Å². The quantitative estimate of drug-likeness (QED) is 0.667. The summed E-state index contributed by atoms with van der Waals surface area (Å²) in [5, 5.41) is 2.88. The molecule has 0 aliphatic heterocycles. The zero-order valence-corrected chi connectivity index (χ0v) is 6.80. The molecule has 14 heavy (non-hydrogen) atoms. The van der Waals surface area contributed by atoms with E-state index in [1.54, 1.807) is 0 Å². The van der Waals surface area contributed by atoms with E-state index < -0.39 is 11.9 Å². The first-order chi connectivity index (χ1) is 6.48. The van der Waals surface area contributed by atoms with Crippen molar-refractivity contribution in [2.45, 2.75) is 6.18 Å². The van der Waals surface area contributed by atoms with Gasteiger partial charge < -0.3 is 10.3 Å². The number of hydrogen-bond acceptors (Lipinski definition) is 3. The Morgan fingerprint density at radius 1 is 1.29 bits per heavy atom. The third kappa shape index (κ3) is 1.28. The van der Waals surface area contributed by atoms with Crippen molar-refractivity contribution in [2.24, 2.45) is 0 Å². The van der Waals surface area contributed by atoms with Crippen LogP contribution in [0.5, 0.6) is 0 Å². The molecule has 0 saturated heterocycles. The van der Waals surface area contributed by atoms with Gasteiger partial charge in [-0.3, -0.25) is 0 Å². The Balaban J connectivity index is 2.70. The lowest BCUT2D eigenvalue weighted by atomic mass is 10.2. The van der Waals surface area contributed by atoms with Gasteiger partial charge in [-0.05, 0) is 12.1 Å². The first-order valence-electron chi connectivity index (χ1n) is 3.70. The maximum absolute atomic E-state index is 12.3. The molecule has 2 N–H and O–H groups in total. The molecule has 0 saturated carbocycles. The molecule has 2 aromatic rings. The summed E-state index contributed by atoms with van der Waals surface area (Å²) in [5.41, 5.74) is 4.73. The molecule has 0 bridgehead atoms. The number of anilines is 1. The van der Waals surface area contributed by atoms with E-state index in [1.165, 1.54) is 18.2 Å². The average Bonchev–Trinajstić information content (AvgIpc) is 2.45. The maximum Gasteiger partial charge on any atom is 0.437 e. The monoisotopic (exact) mass is 202 g/mol. The highest BCUT2D eigenvalue weighted by atomic mass is 19.4. The Labute approximate surface area is 76.3 Å². The smallest absolute Gasteiger partial charge is 0.399 e. The fourth-order valence-electron chi connectivity index (χ4n) is 1.16. The summed E-state index contributed by atoms with van der Waals surface area (Å²) < 4.78 is 41.4. The second-order valence-corrected chi connectivity index (χ2v) is 2.78. The van der Waals surface area contributed by atoms with Crippen LogP contribution >= 0.6 is 0 Å². The van der Waals surface area contributed by atoms with E-state index in [-0.39, 0.29) is 11.0 Å². The van der Waals surface area contributed by atoms with Crippen LogP contribution in [0.3, 0.4) is 0 Å². The summed E-state index contributed by atoms with van der Waals surface area (Å²) in [6.07, 6.45) is -4.50. The Morgan fingerprint density at radius 3 is 2.64 bits per heavy atom. The molecule has 1 heterocycles. The number of nitrogen functional groups attached to an aromatic ring is 1. The highest BCUT2D eigenvalue weighted by Gasteiger charge is 2.36. The fraction of sp³-hybridized carbons (Fsp3) is 0.125. The molecule has 0 fully saturated rings. The molecule has 2 rings (SSSR count). The van der Waals surface area contributed by atoms with Crippen LogP contribution in [0.1, 0.15) is 5.69 Å². The van der Waals surface area contributed by atoms with Crippen molar-refractivity contribution in [1.29, 1.82) is 0 Å². The number of hydrogen-bond donors (Lipinski definition) is 1. The minimum atomic E-state index is -4.50. The molecule has 3 nitrogen and oxygen atoms in total. The zero-order chi connectivity index (χ0) is 10.3. The van der Waals surface area contributed by atoms with Crippen LogP contribution in [-0.4, -0.2) is 5.16 Å². The highest BCUT2D eigenvalue weighted by Crippen LogP contribution is 2.34. The summed E-state index contributed by atoms with van der Waals surface area (Å²) in [7, 11) is 0. The molecule has 0 amide bonds. The van der Waals surface area contributed by atoms with Gasteiger partial charge in [0.2, 0.25) is 0 Å². The van der Waals surface area contributed by atoms with E-state index in [0.717, 1.165) is 0 Å². The van der Waals surface area contributed by atoms with E-state index in [2.05, 4.69) is 9.68 Å². The van der Waals surface area contributed by atoms with Crippen molar-refractivity contribution < 1.29 is 17.7 Å². The van der Waals surface area contributed by atoms with Crippen molar-refractivity contribution >= 4 is 16.7 Å². The van der Waals surface area contributed by atoms with E-state index in [4.69, 9.17) is 5.73 Å². The van der Waals surface area contributed by atoms with E-state index in [9.17, 15) is 13.2 Å². The molecule has 1 aromatic carbocycles. The highest BCUT2D eigenvalue weighted by molar-refractivity contribution is 5.82. The molecule has 0 unspecified atom stereocenters. The lowest BCUT2D eigenvalue weighted by Crippen LogP contribution is -2.05. The first kappa shape index (κ1) is 8.86. The van der Waals surface area contributed by atoms with Crippen molar-refractivity contribution in [3.63, 3.8) is 0 Å². The Bertz CT molecular complexity index is 475. The van der Waals surface area contributed by atoms with Crippen molar-refractivity contribution in [1.82, 2.24) is 5.16 Å². The molecule has 0 radical (unpaired) electrons. The topological polar surface area (TPSA) is 52.0 Å². The molecule has 0 aliphatic rings. The Kier molecular flexibility index (Phi) is 1.67. The van der Waals surface area contributed by atoms with Gasteiger partial charge in [-0.2, -0.15) is 13.2 Å². The number of halogens is 3. The molecule has 0 aliphatic carbocycles. The minimum absolute atomic E-state index is 0.0392. The first-order valence-corrected chi connectivity index (χ1v) is 3.70. The predicted octanol–water partition coefficient (Wildman–Crippen LogP) is 2.43. The normalized spacial score (nSPS) is 12.2. The summed E-state index contributed by atoms with van der Waals surface area (Å²) in [5.74, 6) is 0. The third-order valence-electron chi connectivity index (χ3n) is 1.76. The van der Waals surface area contributed by atoms with E-state index in [1.807, 2.05) is 0 Å². The van der Waals surface area contributed by atoms with Gasteiger partial charge in [0.15, 0.2) is 11.3 Å². The van der Waals surface area contributed by atoms with Crippen LogP contribution < -0.4 is 5.73 Å². The van der Waals surface area contributed by atoms with Crippen molar-refractivity contribution in [3.8, 4) is 0 Å². The summed E-state index contributed by atoms with van der Waals surface area (Å²) in [6, 6.07) is 3.91. The third-order valence-corrected chi connectivity index (χ3v) is 1.76. The molecular formula is C8H5F3N2O. The van der Waals surface area contributed by atoms with Crippen LogP contribution in [0.15, 0.2) is 22.7 Å². The number of fused-ring (bicyclic) bond motifs is 1. The molecule has 0 atom stereocenters. The van der Waals surface area contributed by atoms with Crippen LogP contribution in [0, 0.1) is 0 Å². The summed E-state index contributed by atoms with van der Waals surface area (Å²) in [4.78, 5) is 0. The molecule has 0 spiro atoms. The number of nitrogens with two attached hydrogens (primary N) is 1. The zero-order valence-electron chi connectivity index (χ0n) is 6.80. The standard InChI is InChI=1S/C8H5F3N2O/c9-8(10,11)7-5-2-1-4(12)3-6(5)14-13-7/h1-3H,12H2. The number of nitrogens with zero attached hydrogens (tertiary/aromatic N) is 1. The number of rotatable bonds is 0. The van der Waals surface area contributed by atoms with Gasteiger partial charge in [0.25, 0.3) is 0 Å². The van der Waals surface area contributed by atoms with Gasteiger partial charge >= 0.3 is 6.18 Å². The van der Waals surface area contributed by atoms with Crippen LogP contribution in [-0.2, 0) is 6.18 Å². The lowest BCUT2D eigenvalue weighted by molar-refractivity contribution is -0.141. The van der Waals surface area contributed by atoms with Gasteiger partial charge in [-0.15, -0.1) is 0 Å². The number of benzene rings is 1. The molecular weight excluding hydrogens is 197 g/mol. The number of aromatic nitrogens is 1. The van der Waals surface area contributed by atoms with E-state index in [0.29, 0.717) is 5.69 Å². The van der Waals surface area contributed by atoms with E-state index >= 15 is 0 Å². The largest absolute Gasteiger partial charge is 0.437 e. The predicted molar refractivity (Wildman–Crippen MR) is 43.4 cm³/mol. The van der Waals surface area contributed by atoms with Crippen LogP contribution in [0.2, 0.25) is 0 Å². The van der Waals surface area contributed by atoms with Gasteiger partial charge in [-0.25, -0.2) is 0 Å². The summed E-state index contributed by atoms with van der Waals surface area (Å²) in [6.45, 7) is 0. The molecule has 1 aromatic heterocycles. The number of alkyl halides is 3. The minimum Gasteiger partial charge on any atom is -0.399 e. The lowest BCUT2D eigenvalue weighted by Gasteiger charge is -2.00. The van der Waals surface area contributed by atoms with Gasteiger partial charge in [0.05, 0.1) is 5.39 Å².